The van der Waals surface area contributed by atoms with Crippen molar-refractivity contribution < 1.29 is 22.3 Å². The lowest BCUT2D eigenvalue weighted by molar-refractivity contribution is -0.120. The van der Waals surface area contributed by atoms with Crippen molar-refractivity contribution in [1.29, 1.82) is 0 Å². The van der Waals surface area contributed by atoms with Crippen LogP contribution in [-0.4, -0.2) is 38.3 Å². The molecule has 1 heterocycles. The zero-order chi connectivity index (χ0) is 21.0. The first-order valence-corrected chi connectivity index (χ1v) is 11.5. The Morgan fingerprint density at radius 3 is 2.45 bits per heavy atom. The number of rotatable bonds is 6. The minimum absolute atomic E-state index is 0.114. The molecular formula is C20H22BrFN2O4S. The molecule has 0 atom stereocenters. The smallest absolute Gasteiger partial charge is 0.243 e. The summed E-state index contributed by atoms with van der Waals surface area (Å²) in [4.78, 5) is 12.7. The number of anilines is 1. The SMILES string of the molecule is CCOc1ccc(S(=O)(=O)N2CCC(C(=O)Nc3ccc(Br)cc3F)CC2)cc1. The van der Waals surface area contributed by atoms with E-state index in [0.29, 0.717) is 29.7 Å². The highest BCUT2D eigenvalue weighted by atomic mass is 79.9. The largest absolute Gasteiger partial charge is 0.494 e. The van der Waals surface area contributed by atoms with E-state index in [2.05, 4.69) is 21.2 Å². The summed E-state index contributed by atoms with van der Waals surface area (Å²) in [5.41, 5.74) is 0.114. The molecule has 2 aromatic rings. The first-order chi connectivity index (χ1) is 13.8. The van der Waals surface area contributed by atoms with E-state index < -0.39 is 15.8 Å². The first kappa shape index (κ1) is 21.7. The predicted octanol–water partition coefficient (Wildman–Crippen LogP) is 4.03. The molecule has 1 aliphatic rings. The second-order valence-corrected chi connectivity index (χ2v) is 9.55. The van der Waals surface area contributed by atoms with Gasteiger partial charge in [0.2, 0.25) is 15.9 Å². The van der Waals surface area contributed by atoms with Gasteiger partial charge >= 0.3 is 0 Å². The summed E-state index contributed by atoms with van der Waals surface area (Å²) in [7, 11) is -3.63. The number of hydrogen-bond donors (Lipinski definition) is 1. The third-order valence-corrected chi connectivity index (χ3v) is 7.19. The van der Waals surface area contributed by atoms with E-state index in [4.69, 9.17) is 4.74 Å². The lowest BCUT2D eigenvalue weighted by Crippen LogP contribution is -2.41. The maximum atomic E-state index is 13.9. The maximum absolute atomic E-state index is 13.9. The van der Waals surface area contributed by atoms with Crippen LogP contribution in [0.5, 0.6) is 5.75 Å². The van der Waals surface area contributed by atoms with Gasteiger partial charge in [-0.3, -0.25) is 4.79 Å². The van der Waals surface area contributed by atoms with Crippen molar-refractivity contribution >= 4 is 37.5 Å². The van der Waals surface area contributed by atoms with E-state index >= 15 is 0 Å². The van der Waals surface area contributed by atoms with Crippen molar-refractivity contribution in [1.82, 2.24) is 4.31 Å². The standard InChI is InChI=1S/C20H22BrFN2O4S/c1-2-28-16-4-6-17(7-5-16)29(26,27)24-11-9-14(10-12-24)20(25)23-19-8-3-15(21)13-18(19)22/h3-8,13-14H,2,9-12H2,1H3,(H,23,25). The number of piperidine rings is 1. The Balaban J connectivity index is 1.61. The fourth-order valence-corrected chi connectivity index (χ4v) is 5.01. The van der Waals surface area contributed by atoms with Gasteiger partial charge < -0.3 is 10.1 Å². The van der Waals surface area contributed by atoms with Gasteiger partial charge in [-0.2, -0.15) is 4.31 Å². The van der Waals surface area contributed by atoms with Crippen molar-refractivity contribution in [2.45, 2.75) is 24.7 Å². The molecule has 2 aromatic carbocycles. The van der Waals surface area contributed by atoms with Gasteiger partial charge in [0.15, 0.2) is 0 Å². The third kappa shape index (κ3) is 5.15. The van der Waals surface area contributed by atoms with Gasteiger partial charge in [0, 0.05) is 23.5 Å². The molecule has 156 valence electrons. The molecule has 0 saturated carbocycles. The summed E-state index contributed by atoms with van der Waals surface area (Å²) >= 11 is 3.17. The number of sulfonamides is 1. The molecule has 29 heavy (non-hydrogen) atoms. The highest BCUT2D eigenvalue weighted by molar-refractivity contribution is 9.10. The van der Waals surface area contributed by atoms with E-state index in [1.165, 1.54) is 28.6 Å². The Morgan fingerprint density at radius 1 is 1.21 bits per heavy atom. The molecule has 0 unspecified atom stereocenters. The summed E-state index contributed by atoms with van der Waals surface area (Å²) in [5, 5.41) is 2.59. The van der Waals surface area contributed by atoms with E-state index in [1.807, 2.05) is 6.92 Å². The summed E-state index contributed by atoms with van der Waals surface area (Å²) in [6, 6.07) is 10.7. The second-order valence-electron chi connectivity index (χ2n) is 6.70. The number of nitrogens with zero attached hydrogens (tertiary/aromatic N) is 1. The minimum Gasteiger partial charge on any atom is -0.494 e. The van der Waals surface area contributed by atoms with Crippen LogP contribution in [0.3, 0.4) is 0 Å². The van der Waals surface area contributed by atoms with Crippen LogP contribution in [-0.2, 0) is 14.8 Å². The zero-order valence-corrected chi connectivity index (χ0v) is 18.3. The average molecular weight is 485 g/mol. The van der Waals surface area contributed by atoms with E-state index in [1.54, 1.807) is 18.2 Å². The second kappa shape index (κ2) is 9.23. The highest BCUT2D eigenvalue weighted by Gasteiger charge is 2.32. The van der Waals surface area contributed by atoms with E-state index in [9.17, 15) is 17.6 Å². The van der Waals surface area contributed by atoms with Gasteiger partial charge in [-0.05, 0) is 62.2 Å². The molecule has 6 nitrogen and oxygen atoms in total. The van der Waals surface area contributed by atoms with Gasteiger partial charge in [0.25, 0.3) is 0 Å². The van der Waals surface area contributed by atoms with Crippen molar-refractivity contribution in [2.75, 3.05) is 25.0 Å². The molecule has 0 aliphatic carbocycles. The molecule has 1 aliphatic heterocycles. The van der Waals surface area contributed by atoms with E-state index in [-0.39, 0.29) is 35.5 Å². The lowest BCUT2D eigenvalue weighted by atomic mass is 9.97. The van der Waals surface area contributed by atoms with Gasteiger partial charge in [0.05, 0.1) is 17.2 Å². The summed E-state index contributed by atoms with van der Waals surface area (Å²) < 4.78 is 46.9. The summed E-state index contributed by atoms with van der Waals surface area (Å²) in [6.45, 7) is 2.83. The molecule has 0 bridgehead atoms. The maximum Gasteiger partial charge on any atom is 0.243 e. The number of ether oxygens (including phenoxy) is 1. The normalized spacial score (nSPS) is 15.8. The van der Waals surface area contributed by atoms with E-state index in [0.717, 1.165) is 0 Å². The number of benzene rings is 2. The van der Waals surface area contributed by atoms with Gasteiger partial charge in [0.1, 0.15) is 11.6 Å². The molecule has 1 amide bonds. The fraction of sp³-hybridized carbons (Fsp3) is 0.350. The third-order valence-electron chi connectivity index (χ3n) is 4.79. The molecule has 0 aromatic heterocycles. The zero-order valence-electron chi connectivity index (χ0n) is 15.9. The Morgan fingerprint density at radius 2 is 1.86 bits per heavy atom. The Kier molecular flexibility index (Phi) is 6.92. The van der Waals surface area contributed by atoms with Crippen molar-refractivity contribution in [3.05, 3.63) is 52.8 Å². The number of halogens is 2. The number of nitrogens with one attached hydrogen (secondary N) is 1. The monoisotopic (exact) mass is 484 g/mol. The first-order valence-electron chi connectivity index (χ1n) is 9.30. The van der Waals surface area contributed by atoms with Crippen LogP contribution in [0, 0.1) is 11.7 Å². The van der Waals surface area contributed by atoms with Crippen LogP contribution in [0.2, 0.25) is 0 Å². The van der Waals surface area contributed by atoms with Crippen molar-refractivity contribution in [3.8, 4) is 5.75 Å². The quantitative estimate of drug-likeness (QED) is 0.671. The van der Waals surface area contributed by atoms with Crippen LogP contribution < -0.4 is 10.1 Å². The number of carbonyl (C=O) groups excluding carboxylic acids is 1. The Bertz CT molecular complexity index is 974. The van der Waals surface area contributed by atoms with Crippen molar-refractivity contribution in [3.63, 3.8) is 0 Å². The number of hydrogen-bond acceptors (Lipinski definition) is 4. The fourth-order valence-electron chi connectivity index (χ4n) is 3.21. The minimum atomic E-state index is -3.63. The van der Waals surface area contributed by atoms with Crippen LogP contribution in [0.25, 0.3) is 0 Å². The van der Waals surface area contributed by atoms with Crippen LogP contribution in [0.4, 0.5) is 10.1 Å². The van der Waals surface area contributed by atoms with Gasteiger partial charge in [-0.15, -0.1) is 0 Å². The lowest BCUT2D eigenvalue weighted by Gasteiger charge is -2.30. The number of amides is 1. The Hall–Kier alpha value is -1.97. The summed E-state index contributed by atoms with van der Waals surface area (Å²) in [5.74, 6) is -0.584. The highest BCUT2D eigenvalue weighted by Crippen LogP contribution is 2.27. The van der Waals surface area contributed by atoms with Crippen molar-refractivity contribution in [2.24, 2.45) is 5.92 Å². The van der Waals surface area contributed by atoms with Crippen LogP contribution in [0.1, 0.15) is 19.8 Å². The molecular weight excluding hydrogens is 463 g/mol. The molecule has 0 spiro atoms. The average Bonchev–Trinajstić information content (AvgIpc) is 2.71. The van der Waals surface area contributed by atoms with Crippen LogP contribution >= 0.6 is 15.9 Å². The molecule has 9 heteroatoms. The topological polar surface area (TPSA) is 75.7 Å². The number of carbonyl (C=O) groups is 1. The molecule has 1 fully saturated rings. The predicted molar refractivity (Wildman–Crippen MR) is 112 cm³/mol. The van der Waals surface area contributed by atoms with Gasteiger partial charge in [-0.1, -0.05) is 15.9 Å². The van der Waals surface area contributed by atoms with Crippen LogP contribution in [0.15, 0.2) is 51.8 Å². The molecule has 3 rings (SSSR count). The summed E-state index contributed by atoms with van der Waals surface area (Å²) in [6.07, 6.45) is 0.750. The molecule has 1 saturated heterocycles. The van der Waals surface area contributed by atoms with Gasteiger partial charge in [-0.25, -0.2) is 12.8 Å². The molecule has 1 N–H and O–H groups in total. The molecule has 0 radical (unpaired) electrons. The Labute approximate surface area is 178 Å².